The molecule has 0 spiro atoms. The summed E-state index contributed by atoms with van der Waals surface area (Å²) in [6.45, 7) is 1.31. The first kappa shape index (κ1) is 13.7. The van der Waals surface area contributed by atoms with Gasteiger partial charge in [-0.1, -0.05) is 0 Å². The number of carbonyl (C=O) groups excluding carboxylic acids is 1. The lowest BCUT2D eigenvalue weighted by atomic mass is 10.1. The van der Waals surface area contributed by atoms with Crippen molar-refractivity contribution in [3.8, 4) is 0 Å². The Morgan fingerprint density at radius 1 is 1.16 bits per heavy atom. The van der Waals surface area contributed by atoms with E-state index in [1.165, 1.54) is 6.07 Å². The molecule has 0 aliphatic carbocycles. The topological polar surface area (TPSA) is 46.3 Å². The van der Waals surface area contributed by atoms with Crippen LogP contribution < -0.4 is 5.73 Å². The predicted molar refractivity (Wildman–Crippen MR) is 65.6 cm³/mol. The summed E-state index contributed by atoms with van der Waals surface area (Å²) in [5.74, 6) is -0.250. The Morgan fingerprint density at radius 3 is 2.32 bits per heavy atom. The summed E-state index contributed by atoms with van der Waals surface area (Å²) in [7, 11) is 0. The molecule has 0 bridgehead atoms. The van der Waals surface area contributed by atoms with Crippen LogP contribution in [0.1, 0.15) is 35.2 Å². The molecule has 19 heavy (non-hydrogen) atoms. The monoisotopic (exact) mass is 272 g/mol. The molecule has 1 saturated heterocycles. The molecule has 6 heteroatoms. The molecule has 0 saturated carbocycles. The fourth-order valence-electron chi connectivity index (χ4n) is 2.23. The van der Waals surface area contributed by atoms with Crippen molar-refractivity contribution in [2.24, 2.45) is 0 Å². The summed E-state index contributed by atoms with van der Waals surface area (Å²) in [5, 5.41) is 0. The molecule has 2 rings (SSSR count). The van der Waals surface area contributed by atoms with Gasteiger partial charge in [-0.2, -0.15) is 13.2 Å². The van der Waals surface area contributed by atoms with E-state index in [1.54, 1.807) is 4.90 Å². The van der Waals surface area contributed by atoms with Gasteiger partial charge < -0.3 is 10.6 Å². The molecular weight excluding hydrogens is 257 g/mol. The van der Waals surface area contributed by atoms with E-state index in [9.17, 15) is 18.0 Å². The number of alkyl halides is 3. The van der Waals surface area contributed by atoms with Crippen LogP contribution in [0.15, 0.2) is 18.2 Å². The van der Waals surface area contributed by atoms with E-state index >= 15 is 0 Å². The molecule has 1 aliphatic heterocycles. The Hall–Kier alpha value is -1.72. The van der Waals surface area contributed by atoms with E-state index in [4.69, 9.17) is 5.73 Å². The minimum Gasteiger partial charge on any atom is -0.398 e. The van der Waals surface area contributed by atoms with Gasteiger partial charge in [0.1, 0.15) is 0 Å². The zero-order valence-electron chi connectivity index (χ0n) is 10.3. The van der Waals surface area contributed by atoms with Crippen LogP contribution in [0.5, 0.6) is 0 Å². The summed E-state index contributed by atoms with van der Waals surface area (Å²) in [6.07, 6.45) is -1.54. The number of nitrogens with zero attached hydrogens (tertiary/aromatic N) is 1. The fraction of sp³-hybridized carbons (Fsp3) is 0.462. The van der Waals surface area contributed by atoms with E-state index in [-0.39, 0.29) is 11.5 Å². The van der Waals surface area contributed by atoms with Crippen LogP contribution in [-0.2, 0) is 6.18 Å². The van der Waals surface area contributed by atoms with Crippen LogP contribution in [-0.4, -0.2) is 23.9 Å². The molecule has 1 fully saturated rings. The van der Waals surface area contributed by atoms with Gasteiger partial charge in [0, 0.05) is 24.3 Å². The molecule has 0 unspecified atom stereocenters. The third-order valence-electron chi connectivity index (χ3n) is 3.25. The van der Waals surface area contributed by atoms with Crippen LogP contribution in [0.3, 0.4) is 0 Å². The smallest absolute Gasteiger partial charge is 0.398 e. The number of benzene rings is 1. The molecule has 3 nitrogen and oxygen atoms in total. The number of rotatable bonds is 1. The molecule has 1 aromatic carbocycles. The summed E-state index contributed by atoms with van der Waals surface area (Å²) in [6, 6.07) is 3.17. The van der Waals surface area contributed by atoms with Crippen LogP contribution in [0.2, 0.25) is 0 Å². The van der Waals surface area contributed by atoms with Gasteiger partial charge in [0.25, 0.3) is 5.91 Å². The van der Waals surface area contributed by atoms with Gasteiger partial charge in [-0.05, 0) is 37.5 Å². The van der Waals surface area contributed by atoms with E-state index in [1.807, 2.05) is 0 Å². The highest BCUT2D eigenvalue weighted by molar-refractivity contribution is 5.95. The number of hydrogen-bond acceptors (Lipinski definition) is 2. The van der Waals surface area contributed by atoms with E-state index in [0.717, 1.165) is 31.4 Å². The molecule has 1 aliphatic rings. The number of likely N-dealkylation sites (tertiary alicyclic amines) is 1. The zero-order chi connectivity index (χ0) is 14.0. The van der Waals surface area contributed by atoms with Gasteiger partial charge in [0.05, 0.1) is 5.56 Å². The van der Waals surface area contributed by atoms with Crippen molar-refractivity contribution >= 4 is 11.6 Å². The number of hydrogen-bond donors (Lipinski definition) is 1. The highest BCUT2D eigenvalue weighted by atomic mass is 19.4. The van der Waals surface area contributed by atoms with Gasteiger partial charge in [-0.3, -0.25) is 4.79 Å². The molecule has 0 atom stereocenters. The van der Waals surface area contributed by atoms with Crippen molar-refractivity contribution < 1.29 is 18.0 Å². The number of amides is 1. The average Bonchev–Trinajstić information content (AvgIpc) is 2.37. The lowest BCUT2D eigenvalue weighted by molar-refractivity contribution is -0.136. The Kier molecular flexibility index (Phi) is 3.68. The minimum absolute atomic E-state index is 0.215. The van der Waals surface area contributed by atoms with Crippen molar-refractivity contribution in [3.63, 3.8) is 0 Å². The van der Waals surface area contributed by atoms with Crippen LogP contribution in [0.4, 0.5) is 18.9 Å². The van der Waals surface area contributed by atoms with Gasteiger partial charge in [0.15, 0.2) is 0 Å². The Morgan fingerprint density at radius 2 is 1.79 bits per heavy atom. The van der Waals surface area contributed by atoms with Crippen molar-refractivity contribution in [2.75, 3.05) is 18.8 Å². The molecule has 104 valence electrons. The second-order valence-corrected chi connectivity index (χ2v) is 4.65. The highest BCUT2D eigenvalue weighted by Crippen LogP contribution is 2.34. The van der Waals surface area contributed by atoms with Crippen molar-refractivity contribution in [2.45, 2.75) is 25.4 Å². The maximum atomic E-state index is 12.6. The lowest BCUT2D eigenvalue weighted by Crippen LogP contribution is -2.35. The summed E-state index contributed by atoms with van der Waals surface area (Å²) >= 11 is 0. The van der Waals surface area contributed by atoms with Gasteiger partial charge in [-0.25, -0.2) is 0 Å². The highest BCUT2D eigenvalue weighted by Gasteiger charge is 2.33. The lowest BCUT2D eigenvalue weighted by Gasteiger charge is -2.27. The minimum atomic E-state index is -4.49. The van der Waals surface area contributed by atoms with E-state index in [0.29, 0.717) is 13.1 Å². The normalized spacial score (nSPS) is 16.5. The second kappa shape index (κ2) is 5.11. The van der Waals surface area contributed by atoms with E-state index in [2.05, 4.69) is 0 Å². The third-order valence-corrected chi connectivity index (χ3v) is 3.25. The number of carbonyl (C=O) groups is 1. The largest absolute Gasteiger partial charge is 0.418 e. The average molecular weight is 272 g/mol. The predicted octanol–water partition coefficient (Wildman–Crippen LogP) is 2.91. The van der Waals surface area contributed by atoms with Gasteiger partial charge in [-0.15, -0.1) is 0 Å². The Bertz CT molecular complexity index is 479. The number of nitrogens with two attached hydrogens (primary N) is 1. The summed E-state index contributed by atoms with van der Waals surface area (Å²) < 4.78 is 37.7. The number of halogens is 3. The summed E-state index contributed by atoms with van der Waals surface area (Å²) in [4.78, 5) is 13.8. The number of piperidine rings is 1. The van der Waals surface area contributed by atoms with Crippen molar-refractivity contribution in [1.82, 2.24) is 4.90 Å². The van der Waals surface area contributed by atoms with E-state index < -0.39 is 17.4 Å². The molecule has 2 N–H and O–H groups in total. The number of nitrogen functional groups attached to an aromatic ring is 1. The molecule has 1 aromatic rings. The molecule has 0 aromatic heterocycles. The Balaban J connectivity index is 2.22. The van der Waals surface area contributed by atoms with Crippen LogP contribution in [0.25, 0.3) is 0 Å². The first-order valence-electron chi connectivity index (χ1n) is 6.15. The second-order valence-electron chi connectivity index (χ2n) is 4.65. The molecule has 1 amide bonds. The molecule has 1 heterocycles. The molecular formula is C13H15F3N2O. The zero-order valence-corrected chi connectivity index (χ0v) is 10.3. The first-order valence-corrected chi connectivity index (χ1v) is 6.15. The van der Waals surface area contributed by atoms with Crippen molar-refractivity contribution in [3.05, 3.63) is 29.3 Å². The van der Waals surface area contributed by atoms with Crippen molar-refractivity contribution in [1.29, 1.82) is 0 Å². The van der Waals surface area contributed by atoms with Gasteiger partial charge in [0.2, 0.25) is 0 Å². The quantitative estimate of drug-likeness (QED) is 0.799. The maximum absolute atomic E-state index is 12.6. The number of anilines is 1. The Labute approximate surface area is 109 Å². The maximum Gasteiger partial charge on any atom is 0.418 e. The fourth-order valence-corrected chi connectivity index (χ4v) is 2.23. The first-order chi connectivity index (χ1) is 8.89. The third kappa shape index (κ3) is 3.00. The van der Waals surface area contributed by atoms with Crippen LogP contribution in [0, 0.1) is 0 Å². The SMILES string of the molecule is Nc1cc(C(=O)N2CCCCC2)ccc1C(F)(F)F. The molecule has 0 radical (unpaired) electrons. The van der Waals surface area contributed by atoms with Crippen LogP contribution >= 0.6 is 0 Å². The standard InChI is InChI=1S/C13H15F3N2O/c14-13(15,16)10-5-4-9(8-11(10)17)12(19)18-6-2-1-3-7-18/h4-5,8H,1-3,6-7,17H2. The van der Waals surface area contributed by atoms with Gasteiger partial charge >= 0.3 is 6.18 Å². The summed E-state index contributed by atoms with van der Waals surface area (Å²) in [5.41, 5.74) is 4.29.